The fraction of sp³-hybridized carbons (Fsp3) is 0.400. The van der Waals surface area contributed by atoms with Crippen LogP contribution in [0.3, 0.4) is 0 Å². The summed E-state index contributed by atoms with van der Waals surface area (Å²) in [5.41, 5.74) is 0.715. The second-order valence-electron chi connectivity index (χ2n) is 7.51. The van der Waals surface area contributed by atoms with Gasteiger partial charge in [0.25, 0.3) is 0 Å². The number of aromatic carboxylic acids is 1. The van der Waals surface area contributed by atoms with Crippen molar-refractivity contribution in [2.45, 2.75) is 38.9 Å². The number of piperazine rings is 1. The summed E-state index contributed by atoms with van der Waals surface area (Å²) in [5.74, 6) is -1.80. The number of carboxylic acid groups (broad SMARTS) is 1. The Morgan fingerprint density at radius 3 is 2.78 bits per heavy atom. The van der Waals surface area contributed by atoms with E-state index in [1.165, 1.54) is 12.3 Å². The molecule has 0 bridgehead atoms. The predicted molar refractivity (Wildman–Crippen MR) is 103 cm³/mol. The van der Waals surface area contributed by atoms with Gasteiger partial charge in [-0.25, -0.2) is 9.18 Å². The molecule has 0 amide bonds. The second kappa shape index (κ2) is 6.20. The highest BCUT2D eigenvalue weighted by Gasteiger charge is 2.30. The minimum Gasteiger partial charge on any atom is -0.477 e. The van der Waals surface area contributed by atoms with E-state index in [2.05, 4.69) is 12.2 Å². The molecule has 142 valence electrons. The molecule has 2 N–H and O–H groups in total. The minimum atomic E-state index is -1.30. The Hall–Kier alpha value is -2.67. The van der Waals surface area contributed by atoms with Gasteiger partial charge in [0.05, 0.1) is 16.6 Å². The fourth-order valence-electron chi connectivity index (χ4n) is 4.09. The van der Waals surface area contributed by atoms with Crippen molar-refractivity contribution in [2.75, 3.05) is 18.0 Å². The van der Waals surface area contributed by atoms with Gasteiger partial charge in [-0.05, 0) is 26.8 Å². The summed E-state index contributed by atoms with van der Waals surface area (Å²) in [6.07, 6.45) is 5.12. The highest BCUT2D eigenvalue weighted by Crippen LogP contribution is 2.38. The summed E-state index contributed by atoms with van der Waals surface area (Å²) in [6.45, 7) is 7.38. The maximum absolute atomic E-state index is 15.2. The Morgan fingerprint density at radius 1 is 1.33 bits per heavy atom. The van der Waals surface area contributed by atoms with Crippen LogP contribution in [0.15, 0.2) is 23.1 Å². The molecule has 27 heavy (non-hydrogen) atoms. The molecule has 2 aromatic rings. The summed E-state index contributed by atoms with van der Waals surface area (Å²) in [4.78, 5) is 26.2. The van der Waals surface area contributed by atoms with Crippen molar-refractivity contribution in [2.24, 2.45) is 0 Å². The number of carbonyl (C=O) groups is 1. The maximum atomic E-state index is 15.2. The van der Waals surface area contributed by atoms with Crippen molar-refractivity contribution in [3.8, 4) is 0 Å². The summed E-state index contributed by atoms with van der Waals surface area (Å²) < 4.78 is 17.0. The number of rotatable bonds is 2. The van der Waals surface area contributed by atoms with Crippen molar-refractivity contribution in [1.29, 1.82) is 0 Å². The molecule has 3 unspecified atom stereocenters. The lowest BCUT2D eigenvalue weighted by Gasteiger charge is -2.40. The van der Waals surface area contributed by atoms with Crippen molar-refractivity contribution >= 4 is 28.6 Å². The molecule has 0 radical (unpaired) electrons. The summed E-state index contributed by atoms with van der Waals surface area (Å²) in [5, 5.41) is 12.9. The molecule has 0 aliphatic carbocycles. The highest BCUT2D eigenvalue weighted by molar-refractivity contribution is 5.99. The monoisotopic (exact) mass is 371 g/mol. The van der Waals surface area contributed by atoms with Crippen LogP contribution in [0.1, 0.15) is 42.7 Å². The van der Waals surface area contributed by atoms with Crippen LogP contribution in [0, 0.1) is 5.82 Å². The highest BCUT2D eigenvalue weighted by atomic mass is 19.1. The Kier molecular flexibility index (Phi) is 4.07. The van der Waals surface area contributed by atoms with Crippen LogP contribution >= 0.6 is 0 Å². The largest absolute Gasteiger partial charge is 0.477 e. The van der Waals surface area contributed by atoms with E-state index >= 15 is 4.39 Å². The zero-order valence-corrected chi connectivity index (χ0v) is 15.5. The first kappa shape index (κ1) is 17.7. The molecular weight excluding hydrogens is 349 g/mol. The van der Waals surface area contributed by atoms with Crippen LogP contribution in [0.25, 0.3) is 17.0 Å². The van der Waals surface area contributed by atoms with Crippen molar-refractivity contribution in [1.82, 2.24) is 9.88 Å². The average Bonchev–Trinajstić information content (AvgIpc) is 2.61. The van der Waals surface area contributed by atoms with Gasteiger partial charge in [-0.3, -0.25) is 4.79 Å². The number of allylic oxidation sites excluding steroid dienone is 1. The molecule has 4 rings (SSSR count). The zero-order chi connectivity index (χ0) is 19.5. The molecule has 1 fully saturated rings. The van der Waals surface area contributed by atoms with Crippen LogP contribution in [0.4, 0.5) is 10.1 Å². The number of nitrogens with zero attached hydrogens (tertiary/aromatic N) is 2. The molecule has 0 saturated carbocycles. The third kappa shape index (κ3) is 2.65. The average molecular weight is 371 g/mol. The first-order chi connectivity index (χ1) is 12.8. The Morgan fingerprint density at radius 2 is 2.07 bits per heavy atom. The number of hydrogen-bond acceptors (Lipinski definition) is 4. The van der Waals surface area contributed by atoms with E-state index < -0.39 is 17.2 Å². The molecule has 2 aliphatic heterocycles. The van der Waals surface area contributed by atoms with Crippen molar-refractivity contribution in [3.63, 3.8) is 0 Å². The third-order valence-electron chi connectivity index (χ3n) is 5.54. The molecule has 1 aromatic heterocycles. The molecule has 2 aliphatic rings. The van der Waals surface area contributed by atoms with Crippen LogP contribution in [-0.2, 0) is 0 Å². The van der Waals surface area contributed by atoms with Gasteiger partial charge < -0.3 is 19.9 Å². The normalized spacial score (nSPS) is 24.4. The van der Waals surface area contributed by atoms with E-state index in [0.717, 1.165) is 6.54 Å². The molecule has 7 heteroatoms. The smallest absolute Gasteiger partial charge is 0.341 e. The maximum Gasteiger partial charge on any atom is 0.341 e. The van der Waals surface area contributed by atoms with E-state index in [0.29, 0.717) is 23.3 Å². The van der Waals surface area contributed by atoms with Crippen molar-refractivity contribution in [3.05, 3.63) is 45.5 Å². The minimum absolute atomic E-state index is 0.0932. The van der Waals surface area contributed by atoms with Gasteiger partial charge >= 0.3 is 5.97 Å². The predicted octanol–water partition coefficient (Wildman–Crippen LogP) is 2.61. The van der Waals surface area contributed by atoms with Gasteiger partial charge in [0, 0.05) is 43.0 Å². The standard InChI is InChI=1S/C20H22FN3O3/c1-10-8-23(12(3)7-22-10)18-13-5-4-11(2)24-9-15(20(26)27)19(25)14(17(13)24)6-16(18)21/h4-6,9-12,22H,7-8H2,1-3H3,(H,26,27). The molecule has 6 nitrogen and oxygen atoms in total. The summed E-state index contributed by atoms with van der Waals surface area (Å²) in [7, 11) is 0. The van der Waals surface area contributed by atoms with Gasteiger partial charge in [0.15, 0.2) is 0 Å². The second-order valence-corrected chi connectivity index (χ2v) is 7.51. The quantitative estimate of drug-likeness (QED) is 0.849. The topological polar surface area (TPSA) is 74.6 Å². The van der Waals surface area contributed by atoms with Gasteiger partial charge in [-0.1, -0.05) is 12.2 Å². The lowest BCUT2D eigenvalue weighted by atomic mass is 9.97. The Bertz CT molecular complexity index is 1040. The van der Waals surface area contributed by atoms with Crippen LogP contribution < -0.4 is 15.6 Å². The lowest BCUT2D eigenvalue weighted by Crippen LogP contribution is -2.55. The SMILES string of the molecule is CC1CN(c2c(F)cc3c(=O)c(C(=O)O)cn4c3c2C=CC4C)C(C)CN1. The van der Waals surface area contributed by atoms with E-state index in [1.54, 1.807) is 4.57 Å². The molecule has 3 heterocycles. The number of carboxylic acids is 1. The van der Waals surface area contributed by atoms with Crippen molar-refractivity contribution < 1.29 is 14.3 Å². The van der Waals surface area contributed by atoms with Crippen LogP contribution in [0.5, 0.6) is 0 Å². The lowest BCUT2D eigenvalue weighted by molar-refractivity contribution is 0.0694. The van der Waals surface area contributed by atoms with Gasteiger partial charge in [-0.15, -0.1) is 0 Å². The molecule has 3 atom stereocenters. The first-order valence-electron chi connectivity index (χ1n) is 9.12. The Balaban J connectivity index is 2.06. The van der Waals surface area contributed by atoms with E-state index in [1.807, 2.05) is 30.9 Å². The van der Waals surface area contributed by atoms with E-state index in [4.69, 9.17) is 0 Å². The van der Waals surface area contributed by atoms with Gasteiger partial charge in [-0.2, -0.15) is 0 Å². The van der Waals surface area contributed by atoms with Gasteiger partial charge in [0.1, 0.15) is 11.4 Å². The van der Waals surface area contributed by atoms with E-state index in [9.17, 15) is 14.7 Å². The number of halogens is 1. The number of pyridine rings is 1. The molecular formula is C20H22FN3O3. The van der Waals surface area contributed by atoms with Crippen LogP contribution in [-0.4, -0.2) is 40.8 Å². The summed E-state index contributed by atoms with van der Waals surface area (Å²) in [6, 6.07) is 1.38. The van der Waals surface area contributed by atoms with E-state index in [-0.39, 0.29) is 29.1 Å². The first-order valence-corrected chi connectivity index (χ1v) is 9.12. The number of aromatic nitrogens is 1. The molecule has 0 spiro atoms. The summed E-state index contributed by atoms with van der Waals surface area (Å²) >= 11 is 0. The third-order valence-corrected chi connectivity index (χ3v) is 5.54. The van der Waals surface area contributed by atoms with Gasteiger partial charge in [0.2, 0.25) is 5.43 Å². The van der Waals surface area contributed by atoms with Crippen LogP contribution in [0.2, 0.25) is 0 Å². The Labute approximate surface area is 155 Å². The number of nitrogens with one attached hydrogen (secondary N) is 1. The number of anilines is 1. The molecule has 1 saturated heterocycles. The fourth-order valence-corrected chi connectivity index (χ4v) is 4.09. The molecule has 1 aromatic carbocycles. The number of hydrogen-bond donors (Lipinski definition) is 2. The zero-order valence-electron chi connectivity index (χ0n) is 15.5. The number of benzene rings is 1.